The summed E-state index contributed by atoms with van der Waals surface area (Å²) >= 11 is 8.17. The van der Waals surface area contributed by atoms with Gasteiger partial charge in [0.15, 0.2) is 0 Å². The highest BCUT2D eigenvalue weighted by atomic mass is 35.5. The second kappa shape index (κ2) is 6.72. The fraction of sp³-hybridized carbons (Fsp3) is 0.533. The molecule has 20 heavy (non-hydrogen) atoms. The van der Waals surface area contributed by atoms with Gasteiger partial charge >= 0.3 is 0 Å². The molecule has 2 rings (SSSR count). The van der Waals surface area contributed by atoms with Crippen LogP contribution in [0.5, 0.6) is 5.75 Å². The average molecular weight is 313 g/mol. The van der Waals surface area contributed by atoms with E-state index in [9.17, 15) is 0 Å². The molecule has 0 aliphatic carbocycles. The van der Waals surface area contributed by atoms with E-state index in [-0.39, 0.29) is 5.38 Å². The summed E-state index contributed by atoms with van der Waals surface area (Å²) in [6.07, 6.45) is 3.24. The summed E-state index contributed by atoms with van der Waals surface area (Å²) in [5, 5.41) is 0.523. The highest BCUT2D eigenvalue weighted by Gasteiger charge is 2.16. The Balaban J connectivity index is 2.43. The predicted octanol–water partition coefficient (Wildman–Crippen LogP) is 4.49. The van der Waals surface area contributed by atoms with Gasteiger partial charge in [-0.2, -0.15) is 11.8 Å². The van der Waals surface area contributed by atoms with E-state index >= 15 is 0 Å². The molecule has 110 valence electrons. The van der Waals surface area contributed by atoms with Gasteiger partial charge in [0, 0.05) is 17.9 Å². The number of aromatic nitrogens is 2. The van der Waals surface area contributed by atoms with Crippen molar-refractivity contribution in [2.75, 3.05) is 13.4 Å². The molecule has 2 atom stereocenters. The molecule has 1 aromatic heterocycles. The summed E-state index contributed by atoms with van der Waals surface area (Å²) in [5.74, 6) is 1.79. The van der Waals surface area contributed by atoms with Crippen LogP contribution < -0.4 is 4.74 Å². The number of ether oxygens (including phenoxy) is 1. The van der Waals surface area contributed by atoms with Gasteiger partial charge in [-0.1, -0.05) is 6.92 Å². The number of halogens is 1. The van der Waals surface area contributed by atoms with E-state index in [4.69, 9.17) is 16.3 Å². The monoisotopic (exact) mass is 312 g/mol. The van der Waals surface area contributed by atoms with E-state index in [0.717, 1.165) is 35.6 Å². The summed E-state index contributed by atoms with van der Waals surface area (Å²) < 4.78 is 7.54. The molecular formula is C15H21ClN2OS. The minimum Gasteiger partial charge on any atom is -0.497 e. The number of aryl methyl sites for hydroxylation is 1. The third kappa shape index (κ3) is 3.23. The predicted molar refractivity (Wildman–Crippen MR) is 88.1 cm³/mol. The Morgan fingerprint density at radius 3 is 2.75 bits per heavy atom. The van der Waals surface area contributed by atoms with Gasteiger partial charge in [-0.15, -0.1) is 11.6 Å². The fourth-order valence-electron chi connectivity index (χ4n) is 2.22. The van der Waals surface area contributed by atoms with Crippen LogP contribution >= 0.6 is 23.4 Å². The first kappa shape index (κ1) is 15.5. The Kier molecular flexibility index (Phi) is 5.22. The first-order chi connectivity index (χ1) is 9.56. The van der Waals surface area contributed by atoms with E-state index in [0.29, 0.717) is 5.25 Å². The Bertz CT molecular complexity index is 583. The molecule has 0 N–H and O–H groups in total. The van der Waals surface area contributed by atoms with Crippen LogP contribution in [-0.2, 0) is 6.54 Å². The van der Waals surface area contributed by atoms with Crippen molar-refractivity contribution in [1.29, 1.82) is 0 Å². The number of fused-ring (bicyclic) bond motifs is 1. The van der Waals surface area contributed by atoms with Crippen LogP contribution in [0.15, 0.2) is 18.2 Å². The van der Waals surface area contributed by atoms with Crippen LogP contribution in [-0.4, -0.2) is 28.2 Å². The van der Waals surface area contributed by atoms with Crippen LogP contribution in [0.2, 0.25) is 0 Å². The van der Waals surface area contributed by atoms with Crippen molar-refractivity contribution in [3.05, 3.63) is 24.0 Å². The SMILES string of the molecule is COc1ccc2nc(C(C)Cl)n(CCC(C)SC)c2c1. The van der Waals surface area contributed by atoms with Crippen molar-refractivity contribution in [2.24, 2.45) is 0 Å². The molecule has 0 amide bonds. The van der Waals surface area contributed by atoms with E-state index in [1.807, 2.05) is 36.9 Å². The largest absolute Gasteiger partial charge is 0.497 e. The molecule has 0 fully saturated rings. The first-order valence-corrected chi connectivity index (χ1v) is 8.50. The molecule has 3 nitrogen and oxygen atoms in total. The quantitative estimate of drug-likeness (QED) is 0.736. The van der Waals surface area contributed by atoms with Gasteiger partial charge < -0.3 is 9.30 Å². The molecule has 0 saturated carbocycles. The lowest BCUT2D eigenvalue weighted by molar-refractivity contribution is 0.415. The van der Waals surface area contributed by atoms with Gasteiger partial charge in [0.2, 0.25) is 0 Å². The summed E-state index contributed by atoms with van der Waals surface area (Å²) in [5.41, 5.74) is 2.07. The van der Waals surface area contributed by atoms with Gasteiger partial charge in [0.1, 0.15) is 11.6 Å². The van der Waals surface area contributed by atoms with Crippen molar-refractivity contribution in [3.8, 4) is 5.75 Å². The van der Waals surface area contributed by atoms with E-state index in [1.54, 1.807) is 7.11 Å². The minimum absolute atomic E-state index is 0.0991. The molecule has 0 aliphatic heterocycles. The van der Waals surface area contributed by atoms with Crippen LogP contribution in [0.3, 0.4) is 0 Å². The van der Waals surface area contributed by atoms with Gasteiger partial charge in [-0.3, -0.25) is 0 Å². The topological polar surface area (TPSA) is 27.1 Å². The number of nitrogens with zero attached hydrogens (tertiary/aromatic N) is 2. The molecule has 0 aliphatic rings. The Labute approximate surface area is 129 Å². The van der Waals surface area contributed by atoms with Crippen LogP contribution in [0.25, 0.3) is 11.0 Å². The third-order valence-electron chi connectivity index (χ3n) is 3.50. The molecule has 0 spiro atoms. The minimum atomic E-state index is -0.0991. The maximum atomic E-state index is 6.28. The molecule has 0 radical (unpaired) electrons. The fourth-order valence-corrected chi connectivity index (χ4v) is 2.72. The molecule has 2 unspecified atom stereocenters. The smallest absolute Gasteiger partial charge is 0.127 e. The zero-order valence-corrected chi connectivity index (χ0v) is 14.0. The van der Waals surface area contributed by atoms with Crippen molar-refractivity contribution in [2.45, 2.75) is 37.4 Å². The van der Waals surface area contributed by atoms with Crippen molar-refractivity contribution in [1.82, 2.24) is 9.55 Å². The molecule has 1 aromatic carbocycles. The molecule has 5 heteroatoms. The molecule has 1 heterocycles. The summed E-state index contributed by atoms with van der Waals surface area (Å²) in [4.78, 5) is 4.66. The lowest BCUT2D eigenvalue weighted by Gasteiger charge is -2.13. The Hall–Kier alpha value is -0.870. The van der Waals surface area contributed by atoms with E-state index < -0.39 is 0 Å². The molecular weight excluding hydrogens is 292 g/mol. The Morgan fingerprint density at radius 1 is 1.40 bits per heavy atom. The number of hydrogen-bond acceptors (Lipinski definition) is 3. The molecule has 0 saturated heterocycles. The highest BCUT2D eigenvalue weighted by Crippen LogP contribution is 2.28. The van der Waals surface area contributed by atoms with E-state index in [1.165, 1.54) is 0 Å². The second-order valence-corrected chi connectivity index (χ2v) is 6.86. The van der Waals surface area contributed by atoms with E-state index in [2.05, 4.69) is 22.7 Å². The standard InChI is InChI=1S/C15H21ClN2OS/c1-10(20-4)7-8-18-14-9-12(19-3)5-6-13(14)17-15(18)11(2)16/h5-6,9-11H,7-8H2,1-4H3. The number of thioether (sulfide) groups is 1. The lowest BCUT2D eigenvalue weighted by Crippen LogP contribution is -2.08. The maximum Gasteiger partial charge on any atom is 0.127 e. The van der Waals surface area contributed by atoms with Crippen molar-refractivity contribution in [3.63, 3.8) is 0 Å². The summed E-state index contributed by atoms with van der Waals surface area (Å²) in [6.45, 7) is 5.14. The normalized spacial score (nSPS) is 14.4. The summed E-state index contributed by atoms with van der Waals surface area (Å²) in [6, 6.07) is 5.97. The van der Waals surface area contributed by atoms with Crippen molar-refractivity contribution >= 4 is 34.4 Å². The average Bonchev–Trinajstić information content (AvgIpc) is 2.82. The third-order valence-corrected chi connectivity index (χ3v) is 4.74. The van der Waals surface area contributed by atoms with Crippen LogP contribution in [0, 0.1) is 0 Å². The van der Waals surface area contributed by atoms with Gasteiger partial charge in [-0.25, -0.2) is 4.98 Å². The van der Waals surface area contributed by atoms with Crippen LogP contribution in [0.4, 0.5) is 0 Å². The molecule has 0 bridgehead atoms. The summed E-state index contributed by atoms with van der Waals surface area (Å²) in [7, 11) is 1.68. The zero-order valence-electron chi connectivity index (χ0n) is 12.4. The van der Waals surface area contributed by atoms with Crippen molar-refractivity contribution < 1.29 is 4.74 Å². The highest BCUT2D eigenvalue weighted by molar-refractivity contribution is 7.99. The second-order valence-electron chi connectivity index (χ2n) is 4.93. The number of methoxy groups -OCH3 is 1. The van der Waals surface area contributed by atoms with Gasteiger partial charge in [0.25, 0.3) is 0 Å². The lowest BCUT2D eigenvalue weighted by atomic mass is 10.2. The van der Waals surface area contributed by atoms with Gasteiger partial charge in [0.05, 0.1) is 23.5 Å². The number of rotatable bonds is 6. The Morgan fingerprint density at radius 2 is 2.15 bits per heavy atom. The first-order valence-electron chi connectivity index (χ1n) is 6.77. The maximum absolute atomic E-state index is 6.28. The number of benzene rings is 1. The van der Waals surface area contributed by atoms with Gasteiger partial charge in [-0.05, 0) is 31.7 Å². The number of alkyl halides is 1. The zero-order chi connectivity index (χ0) is 14.7. The van der Waals surface area contributed by atoms with Crippen LogP contribution in [0.1, 0.15) is 31.5 Å². The number of hydrogen-bond donors (Lipinski definition) is 0. The number of imidazole rings is 1. The molecule has 2 aromatic rings.